The number of methoxy groups -OCH3 is 2. The highest BCUT2D eigenvalue weighted by molar-refractivity contribution is 9.10. The summed E-state index contributed by atoms with van der Waals surface area (Å²) in [5.41, 5.74) is 2.18. The van der Waals surface area contributed by atoms with Gasteiger partial charge in [-0.1, -0.05) is 55.1 Å². The molecule has 0 heterocycles. The van der Waals surface area contributed by atoms with Crippen molar-refractivity contribution in [1.29, 1.82) is 0 Å². The molecular formula is C16H12Br2Cl2O2. The van der Waals surface area contributed by atoms with Crippen LogP contribution in [0.15, 0.2) is 49.8 Å². The lowest BCUT2D eigenvalue weighted by Gasteiger charge is -2.16. The van der Waals surface area contributed by atoms with E-state index in [1.54, 1.807) is 14.2 Å². The van der Waals surface area contributed by atoms with Gasteiger partial charge in [0.05, 0.1) is 14.2 Å². The van der Waals surface area contributed by atoms with Crippen LogP contribution < -0.4 is 9.47 Å². The standard InChI is InChI=1S/C16H12Br2Cl2O2/c1-21-13-5-3-9(17)7-11(13)15(16(19)20)12-8-10(18)4-6-14(12)22-2/h3-8H,1-2H3. The maximum atomic E-state index is 6.18. The van der Waals surface area contributed by atoms with Gasteiger partial charge < -0.3 is 9.47 Å². The fourth-order valence-electron chi connectivity index (χ4n) is 2.10. The average molecular weight is 467 g/mol. The molecule has 0 bridgehead atoms. The minimum Gasteiger partial charge on any atom is -0.496 e. The lowest BCUT2D eigenvalue weighted by molar-refractivity contribution is 0.411. The number of hydrogen-bond donors (Lipinski definition) is 0. The summed E-state index contributed by atoms with van der Waals surface area (Å²) in [4.78, 5) is 0. The monoisotopic (exact) mass is 464 g/mol. The molecule has 0 unspecified atom stereocenters. The molecule has 6 heteroatoms. The predicted molar refractivity (Wildman–Crippen MR) is 99.1 cm³/mol. The van der Waals surface area contributed by atoms with Crippen LogP contribution in [0.4, 0.5) is 0 Å². The second-order valence-corrected chi connectivity index (χ2v) is 7.11. The predicted octanol–water partition coefficient (Wildman–Crippen LogP) is 6.42. The maximum absolute atomic E-state index is 6.18. The van der Waals surface area contributed by atoms with Crippen LogP contribution in [0.5, 0.6) is 11.5 Å². The van der Waals surface area contributed by atoms with E-state index in [0.29, 0.717) is 17.1 Å². The van der Waals surface area contributed by atoms with E-state index < -0.39 is 0 Å². The summed E-state index contributed by atoms with van der Waals surface area (Å²) in [6.07, 6.45) is 0. The summed E-state index contributed by atoms with van der Waals surface area (Å²) in [5, 5.41) is 0. The summed E-state index contributed by atoms with van der Waals surface area (Å²) in [6, 6.07) is 11.3. The molecule has 0 saturated heterocycles. The molecule has 0 amide bonds. The Kier molecular flexibility index (Phi) is 6.21. The normalized spacial score (nSPS) is 10.3. The fraction of sp³-hybridized carbons (Fsp3) is 0.125. The quantitative estimate of drug-likeness (QED) is 0.517. The summed E-state index contributed by atoms with van der Waals surface area (Å²) in [7, 11) is 3.20. The first kappa shape index (κ1) is 17.7. The molecule has 116 valence electrons. The van der Waals surface area contributed by atoms with Gasteiger partial charge in [-0.15, -0.1) is 0 Å². The van der Waals surface area contributed by atoms with E-state index in [1.807, 2.05) is 36.4 Å². The molecule has 2 aromatic carbocycles. The first-order valence-electron chi connectivity index (χ1n) is 6.21. The third kappa shape index (κ3) is 3.80. The van der Waals surface area contributed by atoms with Gasteiger partial charge in [0.15, 0.2) is 0 Å². The molecule has 0 saturated carbocycles. The van der Waals surface area contributed by atoms with Gasteiger partial charge in [-0.2, -0.15) is 0 Å². The van der Waals surface area contributed by atoms with E-state index in [0.717, 1.165) is 20.1 Å². The van der Waals surface area contributed by atoms with Crippen molar-refractivity contribution in [2.75, 3.05) is 14.2 Å². The molecule has 0 aromatic heterocycles. The highest BCUT2D eigenvalue weighted by Crippen LogP contribution is 2.41. The van der Waals surface area contributed by atoms with Gasteiger partial charge in [0.1, 0.15) is 16.0 Å². The molecule has 22 heavy (non-hydrogen) atoms. The Morgan fingerprint density at radius 3 is 1.55 bits per heavy atom. The summed E-state index contributed by atoms with van der Waals surface area (Å²) in [6.45, 7) is 0. The molecule has 0 aliphatic carbocycles. The molecular weight excluding hydrogens is 455 g/mol. The van der Waals surface area contributed by atoms with Crippen molar-refractivity contribution in [1.82, 2.24) is 0 Å². The van der Waals surface area contributed by atoms with Crippen molar-refractivity contribution in [2.45, 2.75) is 0 Å². The second kappa shape index (κ2) is 7.73. The second-order valence-electron chi connectivity index (χ2n) is 4.32. The van der Waals surface area contributed by atoms with Crippen LogP contribution in [0, 0.1) is 0 Å². The zero-order chi connectivity index (χ0) is 16.3. The summed E-state index contributed by atoms with van der Waals surface area (Å²) < 4.78 is 12.8. The maximum Gasteiger partial charge on any atom is 0.126 e. The van der Waals surface area contributed by atoms with E-state index in [4.69, 9.17) is 32.7 Å². The molecule has 2 nitrogen and oxygen atoms in total. The Morgan fingerprint density at radius 2 is 1.23 bits per heavy atom. The third-order valence-corrected chi connectivity index (χ3v) is 4.42. The number of benzene rings is 2. The van der Waals surface area contributed by atoms with Crippen molar-refractivity contribution in [3.63, 3.8) is 0 Å². The van der Waals surface area contributed by atoms with Crippen LogP contribution in [0.2, 0.25) is 0 Å². The van der Waals surface area contributed by atoms with Crippen LogP contribution in [0.1, 0.15) is 11.1 Å². The van der Waals surface area contributed by atoms with E-state index in [1.165, 1.54) is 0 Å². The van der Waals surface area contributed by atoms with Crippen molar-refractivity contribution in [2.24, 2.45) is 0 Å². The van der Waals surface area contributed by atoms with Crippen LogP contribution >= 0.6 is 55.1 Å². The fourth-order valence-corrected chi connectivity index (χ4v) is 3.23. The lowest BCUT2D eigenvalue weighted by Crippen LogP contribution is -1.97. The Hall–Kier alpha value is -0.680. The minimum absolute atomic E-state index is 0.132. The summed E-state index contributed by atoms with van der Waals surface area (Å²) >= 11 is 19.3. The minimum atomic E-state index is 0.132. The van der Waals surface area contributed by atoms with Crippen molar-refractivity contribution in [3.8, 4) is 11.5 Å². The smallest absolute Gasteiger partial charge is 0.126 e. The van der Waals surface area contributed by atoms with E-state index in [-0.39, 0.29) is 4.49 Å². The van der Waals surface area contributed by atoms with E-state index >= 15 is 0 Å². The molecule has 0 aliphatic heterocycles. The van der Waals surface area contributed by atoms with Gasteiger partial charge in [-0.3, -0.25) is 0 Å². The zero-order valence-electron chi connectivity index (χ0n) is 11.8. The van der Waals surface area contributed by atoms with Crippen LogP contribution in [0.25, 0.3) is 5.57 Å². The highest BCUT2D eigenvalue weighted by Gasteiger charge is 2.19. The molecule has 0 radical (unpaired) electrons. The van der Waals surface area contributed by atoms with Gasteiger partial charge in [0.2, 0.25) is 0 Å². The Morgan fingerprint density at radius 1 is 0.818 bits per heavy atom. The number of rotatable bonds is 4. The molecule has 2 rings (SSSR count). The molecule has 0 aliphatic rings. The van der Waals surface area contributed by atoms with Gasteiger partial charge in [-0.25, -0.2) is 0 Å². The first-order valence-corrected chi connectivity index (χ1v) is 8.55. The highest BCUT2D eigenvalue weighted by atomic mass is 79.9. The van der Waals surface area contributed by atoms with E-state index in [2.05, 4.69) is 31.9 Å². The molecule has 0 N–H and O–H groups in total. The largest absolute Gasteiger partial charge is 0.496 e. The topological polar surface area (TPSA) is 18.5 Å². The number of halogens is 4. The van der Waals surface area contributed by atoms with Gasteiger partial charge in [-0.05, 0) is 36.4 Å². The van der Waals surface area contributed by atoms with Crippen LogP contribution in [-0.4, -0.2) is 14.2 Å². The third-order valence-electron chi connectivity index (χ3n) is 3.05. The van der Waals surface area contributed by atoms with Gasteiger partial charge >= 0.3 is 0 Å². The van der Waals surface area contributed by atoms with Crippen molar-refractivity contribution in [3.05, 3.63) is 61.0 Å². The molecule has 0 atom stereocenters. The van der Waals surface area contributed by atoms with Gasteiger partial charge in [0, 0.05) is 25.6 Å². The molecule has 0 fully saturated rings. The zero-order valence-corrected chi connectivity index (χ0v) is 16.5. The lowest BCUT2D eigenvalue weighted by atomic mass is 9.98. The van der Waals surface area contributed by atoms with Crippen LogP contribution in [0.3, 0.4) is 0 Å². The number of hydrogen-bond acceptors (Lipinski definition) is 2. The SMILES string of the molecule is COc1ccc(Br)cc1C(=C(Cl)Cl)c1cc(Br)ccc1OC. The Balaban J connectivity index is 2.76. The van der Waals surface area contributed by atoms with Crippen LogP contribution in [-0.2, 0) is 0 Å². The average Bonchev–Trinajstić information content (AvgIpc) is 2.47. The Bertz CT molecular complexity index is 671. The molecule has 0 spiro atoms. The first-order chi connectivity index (χ1) is 10.5. The number of ether oxygens (including phenoxy) is 2. The van der Waals surface area contributed by atoms with Crippen molar-refractivity contribution < 1.29 is 9.47 Å². The van der Waals surface area contributed by atoms with E-state index in [9.17, 15) is 0 Å². The molecule has 2 aromatic rings. The Labute approximate surface area is 156 Å². The van der Waals surface area contributed by atoms with Gasteiger partial charge in [0.25, 0.3) is 0 Å². The van der Waals surface area contributed by atoms with Crippen molar-refractivity contribution >= 4 is 60.6 Å². The summed E-state index contributed by atoms with van der Waals surface area (Å²) in [5.74, 6) is 1.33.